The van der Waals surface area contributed by atoms with Crippen LogP contribution in [0.25, 0.3) is 0 Å². The fourth-order valence-corrected chi connectivity index (χ4v) is 3.38. The smallest absolute Gasteiger partial charge is 0.332 e. The average Bonchev–Trinajstić information content (AvgIpc) is 2.31. The lowest BCUT2D eigenvalue weighted by Gasteiger charge is -2.41. The molecule has 0 radical (unpaired) electrons. The minimum absolute atomic E-state index is 0.200. The molecule has 15 heavy (non-hydrogen) atoms. The Kier molecular flexibility index (Phi) is 4.33. The fraction of sp³-hybridized carbons (Fsp3) is 1.00. The summed E-state index contributed by atoms with van der Waals surface area (Å²) in [7, 11) is 0.798. The van der Waals surface area contributed by atoms with E-state index in [1.807, 2.05) is 0 Å². The van der Waals surface area contributed by atoms with Gasteiger partial charge in [-0.3, -0.25) is 0 Å². The average molecular weight is 254 g/mol. The molecule has 0 aliphatic carbocycles. The Morgan fingerprint density at radius 2 is 1.47 bits per heavy atom. The van der Waals surface area contributed by atoms with E-state index in [4.69, 9.17) is 27.1 Å². The van der Waals surface area contributed by atoms with Crippen molar-refractivity contribution in [1.82, 2.24) is 0 Å². The molecule has 2 rings (SSSR count). The summed E-state index contributed by atoms with van der Waals surface area (Å²) in [6.07, 6.45) is 0. The number of hydrogen-bond donors (Lipinski definition) is 0. The van der Waals surface area contributed by atoms with Crippen LogP contribution >= 0.6 is 17.2 Å². The number of rotatable bonds is 2. The monoisotopic (exact) mass is 254 g/mol. The molecule has 0 unspecified atom stereocenters. The lowest BCUT2D eigenvalue weighted by molar-refractivity contribution is -0.0699. The van der Waals surface area contributed by atoms with Crippen molar-refractivity contribution in [3.63, 3.8) is 0 Å². The van der Waals surface area contributed by atoms with Gasteiger partial charge in [0.1, 0.15) is 0 Å². The molecule has 0 aromatic rings. The Labute approximate surface area is 91.9 Å². The van der Waals surface area contributed by atoms with Crippen molar-refractivity contribution in [3.05, 3.63) is 0 Å². The van der Waals surface area contributed by atoms with Gasteiger partial charge < -0.3 is 27.1 Å². The van der Waals surface area contributed by atoms with E-state index in [9.17, 15) is 0 Å². The van der Waals surface area contributed by atoms with Crippen LogP contribution in [-0.2, 0) is 27.1 Å². The quantitative estimate of drug-likeness (QED) is 0.534. The second-order valence-corrected chi connectivity index (χ2v) is 6.06. The maximum Gasteiger partial charge on any atom is 0.332 e. The Hall–Kier alpha value is 0.685. The van der Waals surface area contributed by atoms with Gasteiger partial charge in [0.2, 0.25) is 0 Å². The van der Waals surface area contributed by atoms with Gasteiger partial charge in [-0.25, -0.2) is 0 Å². The van der Waals surface area contributed by atoms with E-state index in [1.54, 1.807) is 15.2 Å². The second kappa shape index (κ2) is 5.34. The highest BCUT2D eigenvalue weighted by Gasteiger charge is 2.43. The van der Waals surface area contributed by atoms with Crippen molar-refractivity contribution in [3.8, 4) is 0 Å². The second-order valence-electron chi connectivity index (χ2n) is 3.41. The van der Waals surface area contributed by atoms with Crippen LogP contribution in [0.2, 0.25) is 0 Å². The van der Waals surface area contributed by atoms with E-state index in [0.717, 1.165) is 0 Å². The summed E-state index contributed by atoms with van der Waals surface area (Å²) in [5.74, 6) is 0. The SMILES string of the molecule is BOP1OCC2(CO1)COP(OC)OC2. The summed E-state index contributed by atoms with van der Waals surface area (Å²) in [5, 5.41) is 0. The molecule has 0 bridgehead atoms. The minimum Gasteiger partial charge on any atom is -0.383 e. The van der Waals surface area contributed by atoms with Crippen LogP contribution in [0, 0.1) is 5.41 Å². The molecular formula is C6H13BO6P2. The van der Waals surface area contributed by atoms with Crippen molar-refractivity contribution in [1.29, 1.82) is 0 Å². The van der Waals surface area contributed by atoms with Crippen molar-refractivity contribution in [2.45, 2.75) is 0 Å². The van der Waals surface area contributed by atoms with Crippen molar-refractivity contribution in [2.24, 2.45) is 5.41 Å². The van der Waals surface area contributed by atoms with Gasteiger partial charge in [0, 0.05) is 7.11 Å². The van der Waals surface area contributed by atoms with Gasteiger partial charge in [-0.1, -0.05) is 0 Å². The summed E-state index contributed by atoms with van der Waals surface area (Å²) in [6.45, 7) is 2.16. The van der Waals surface area contributed by atoms with Gasteiger partial charge in [-0.2, -0.15) is 0 Å². The Bertz CT molecular complexity index is 178. The van der Waals surface area contributed by atoms with Gasteiger partial charge >= 0.3 is 17.2 Å². The van der Waals surface area contributed by atoms with E-state index < -0.39 is 17.2 Å². The van der Waals surface area contributed by atoms with Gasteiger partial charge in [-0.05, 0) is 0 Å². The Morgan fingerprint density at radius 3 is 1.87 bits per heavy atom. The van der Waals surface area contributed by atoms with Crippen molar-refractivity contribution < 1.29 is 27.1 Å². The zero-order valence-corrected chi connectivity index (χ0v) is 10.5. The van der Waals surface area contributed by atoms with Crippen LogP contribution in [0.4, 0.5) is 0 Å². The molecule has 86 valence electrons. The molecule has 0 atom stereocenters. The first kappa shape index (κ1) is 12.2. The maximum atomic E-state index is 5.42. The van der Waals surface area contributed by atoms with Crippen LogP contribution in [0.5, 0.6) is 0 Å². The standard InChI is InChI=1S/C6H13BO6P2/c1-8-14-9-2-6(3-10-14)4-11-15(13-7)12-5-6/h2-5,7H2,1H3. The molecule has 2 aliphatic heterocycles. The van der Waals surface area contributed by atoms with Crippen LogP contribution < -0.4 is 0 Å². The first-order valence-electron chi connectivity index (χ1n) is 4.48. The molecule has 2 aliphatic rings. The summed E-state index contributed by atoms with van der Waals surface area (Å²) >= 11 is 0. The summed E-state index contributed by atoms with van der Waals surface area (Å²) in [5.41, 5.74) is -0.200. The van der Waals surface area contributed by atoms with E-state index in [1.165, 1.54) is 0 Å². The lowest BCUT2D eigenvalue weighted by Crippen LogP contribution is -2.44. The molecular weight excluding hydrogens is 241 g/mol. The highest BCUT2D eigenvalue weighted by molar-refractivity contribution is 7.42. The zero-order chi connectivity index (χ0) is 10.7. The first-order chi connectivity index (χ1) is 7.28. The highest BCUT2D eigenvalue weighted by atomic mass is 31.2. The topological polar surface area (TPSA) is 55.4 Å². The fourth-order valence-electron chi connectivity index (χ4n) is 1.29. The molecule has 0 amide bonds. The molecule has 0 aromatic carbocycles. The van der Waals surface area contributed by atoms with Gasteiger partial charge in [-0.15, -0.1) is 0 Å². The van der Waals surface area contributed by atoms with Gasteiger partial charge in [0.05, 0.1) is 31.8 Å². The first-order valence-corrected chi connectivity index (χ1v) is 6.67. The van der Waals surface area contributed by atoms with Crippen LogP contribution in [-0.4, -0.2) is 41.6 Å². The van der Waals surface area contributed by atoms with Gasteiger partial charge in [0.15, 0.2) is 0 Å². The third-order valence-corrected chi connectivity index (χ3v) is 4.16. The molecule has 2 saturated heterocycles. The van der Waals surface area contributed by atoms with Crippen molar-refractivity contribution in [2.75, 3.05) is 33.5 Å². The molecule has 9 heteroatoms. The van der Waals surface area contributed by atoms with Crippen LogP contribution in [0.15, 0.2) is 0 Å². The zero-order valence-electron chi connectivity index (χ0n) is 8.67. The summed E-state index contributed by atoms with van der Waals surface area (Å²) in [6, 6.07) is 0. The normalized spacial score (nSPS) is 41.9. The third kappa shape index (κ3) is 2.87. The summed E-state index contributed by atoms with van der Waals surface area (Å²) in [4.78, 5) is 0. The Balaban J connectivity index is 1.83. The van der Waals surface area contributed by atoms with Crippen LogP contribution in [0.1, 0.15) is 0 Å². The third-order valence-electron chi connectivity index (χ3n) is 2.20. The van der Waals surface area contributed by atoms with E-state index >= 15 is 0 Å². The molecule has 0 N–H and O–H groups in total. The molecule has 2 fully saturated rings. The van der Waals surface area contributed by atoms with E-state index in [2.05, 4.69) is 0 Å². The van der Waals surface area contributed by atoms with Crippen LogP contribution in [0.3, 0.4) is 0 Å². The van der Waals surface area contributed by atoms with Gasteiger partial charge in [0.25, 0.3) is 8.05 Å². The molecule has 2 heterocycles. The Morgan fingerprint density at radius 1 is 1.00 bits per heavy atom. The number of hydrogen-bond acceptors (Lipinski definition) is 6. The molecule has 0 saturated carbocycles. The van der Waals surface area contributed by atoms with E-state index in [-0.39, 0.29) is 5.41 Å². The maximum absolute atomic E-state index is 5.42. The predicted molar refractivity (Wildman–Crippen MR) is 56.7 cm³/mol. The molecule has 0 aromatic heterocycles. The predicted octanol–water partition coefficient (Wildman–Crippen LogP) is 0.731. The largest absolute Gasteiger partial charge is 0.383 e. The van der Waals surface area contributed by atoms with Crippen molar-refractivity contribution >= 4 is 25.3 Å². The highest BCUT2D eigenvalue weighted by Crippen LogP contribution is 2.52. The minimum atomic E-state index is -1.17. The molecule has 6 nitrogen and oxygen atoms in total. The molecule has 1 spiro atoms. The lowest BCUT2D eigenvalue weighted by atomic mass is 9.93. The summed E-state index contributed by atoms with van der Waals surface area (Å²) < 4.78 is 31.6. The van der Waals surface area contributed by atoms with E-state index in [0.29, 0.717) is 26.4 Å².